The first-order valence-corrected chi connectivity index (χ1v) is 6.41. The zero-order valence-corrected chi connectivity index (χ0v) is 11.1. The largest absolute Gasteiger partial charge is 0.310 e. The number of nitrogens with one attached hydrogen (secondary N) is 1. The van der Waals surface area contributed by atoms with Crippen LogP contribution in [0.3, 0.4) is 0 Å². The van der Waals surface area contributed by atoms with E-state index < -0.39 is 11.6 Å². The Morgan fingerprint density at radius 1 is 1.05 bits per heavy atom. The first-order chi connectivity index (χ1) is 9.13. The maximum absolute atomic E-state index is 13.8. The molecule has 0 amide bonds. The molecular formula is C16H17F2N. The Labute approximate surface area is 112 Å². The van der Waals surface area contributed by atoms with E-state index in [2.05, 4.69) is 5.32 Å². The van der Waals surface area contributed by atoms with E-state index in [9.17, 15) is 8.78 Å². The van der Waals surface area contributed by atoms with Crippen LogP contribution in [0.15, 0.2) is 42.5 Å². The molecule has 0 saturated heterocycles. The molecule has 1 N–H and O–H groups in total. The molecule has 2 aromatic carbocycles. The minimum absolute atomic E-state index is 0.0352. The Hall–Kier alpha value is -1.74. The third-order valence-electron chi connectivity index (χ3n) is 3.15. The van der Waals surface area contributed by atoms with Crippen molar-refractivity contribution in [3.8, 4) is 11.1 Å². The Morgan fingerprint density at radius 2 is 1.68 bits per heavy atom. The minimum atomic E-state index is -0.534. The standard InChI is InChI=1S/C16H17F2N/c1-3-19-11(2)12-6-4-7-13(10-12)16-14(17)8-5-9-15(16)18/h4-11,19H,3H2,1-2H3. The van der Waals surface area contributed by atoms with Crippen LogP contribution in [0.5, 0.6) is 0 Å². The highest BCUT2D eigenvalue weighted by molar-refractivity contribution is 5.65. The van der Waals surface area contributed by atoms with E-state index in [4.69, 9.17) is 0 Å². The summed E-state index contributed by atoms with van der Waals surface area (Å²) in [4.78, 5) is 0. The van der Waals surface area contributed by atoms with Gasteiger partial charge < -0.3 is 5.32 Å². The molecule has 0 saturated carbocycles. The van der Waals surface area contributed by atoms with E-state index in [1.165, 1.54) is 18.2 Å². The predicted octanol–water partition coefficient (Wildman–Crippen LogP) is 4.30. The Bertz CT molecular complexity index is 546. The van der Waals surface area contributed by atoms with Crippen LogP contribution in [0.4, 0.5) is 8.78 Å². The Kier molecular flexibility index (Phi) is 4.27. The molecule has 0 spiro atoms. The van der Waals surface area contributed by atoms with Gasteiger partial charge >= 0.3 is 0 Å². The summed E-state index contributed by atoms with van der Waals surface area (Å²) in [5.74, 6) is -1.07. The highest BCUT2D eigenvalue weighted by atomic mass is 19.1. The maximum Gasteiger partial charge on any atom is 0.133 e. The summed E-state index contributed by atoms with van der Waals surface area (Å²) in [7, 11) is 0. The van der Waals surface area contributed by atoms with Crippen LogP contribution in [0.1, 0.15) is 25.5 Å². The summed E-state index contributed by atoms with van der Waals surface area (Å²) in [6.45, 7) is 4.90. The molecule has 0 heterocycles. The Balaban J connectivity index is 2.44. The average molecular weight is 261 g/mol. The number of halogens is 2. The molecule has 1 atom stereocenters. The van der Waals surface area contributed by atoms with E-state index in [-0.39, 0.29) is 11.6 Å². The molecule has 1 unspecified atom stereocenters. The van der Waals surface area contributed by atoms with Crippen LogP contribution in [0.2, 0.25) is 0 Å². The molecule has 1 nitrogen and oxygen atoms in total. The summed E-state index contributed by atoms with van der Waals surface area (Å²) in [6.07, 6.45) is 0. The van der Waals surface area contributed by atoms with Gasteiger partial charge in [-0.25, -0.2) is 8.78 Å². The quantitative estimate of drug-likeness (QED) is 0.865. The topological polar surface area (TPSA) is 12.0 Å². The lowest BCUT2D eigenvalue weighted by Gasteiger charge is -2.14. The van der Waals surface area contributed by atoms with E-state index in [0.717, 1.165) is 12.1 Å². The van der Waals surface area contributed by atoms with Gasteiger partial charge in [-0.1, -0.05) is 31.2 Å². The van der Waals surface area contributed by atoms with Crippen molar-refractivity contribution < 1.29 is 8.78 Å². The first-order valence-electron chi connectivity index (χ1n) is 6.41. The van der Waals surface area contributed by atoms with Crippen LogP contribution >= 0.6 is 0 Å². The summed E-state index contributed by atoms with van der Waals surface area (Å²) < 4.78 is 27.5. The molecule has 2 aromatic rings. The number of hydrogen-bond acceptors (Lipinski definition) is 1. The normalized spacial score (nSPS) is 12.4. The van der Waals surface area contributed by atoms with Crippen molar-refractivity contribution in [2.75, 3.05) is 6.54 Å². The second-order valence-electron chi connectivity index (χ2n) is 4.50. The highest BCUT2D eigenvalue weighted by Crippen LogP contribution is 2.28. The van der Waals surface area contributed by atoms with Crippen LogP contribution in [-0.4, -0.2) is 6.54 Å². The van der Waals surface area contributed by atoms with Gasteiger partial charge in [-0.3, -0.25) is 0 Å². The van der Waals surface area contributed by atoms with Crippen molar-refractivity contribution in [1.82, 2.24) is 5.32 Å². The van der Waals surface area contributed by atoms with Gasteiger partial charge in [0.15, 0.2) is 0 Å². The fourth-order valence-corrected chi connectivity index (χ4v) is 2.16. The second-order valence-corrected chi connectivity index (χ2v) is 4.50. The molecule has 3 heteroatoms. The van der Waals surface area contributed by atoms with Gasteiger partial charge in [-0.15, -0.1) is 0 Å². The van der Waals surface area contributed by atoms with Gasteiger partial charge in [0.25, 0.3) is 0 Å². The van der Waals surface area contributed by atoms with Gasteiger partial charge in [0.2, 0.25) is 0 Å². The van der Waals surface area contributed by atoms with Gasteiger partial charge in [-0.2, -0.15) is 0 Å². The van der Waals surface area contributed by atoms with Crippen LogP contribution in [0, 0.1) is 11.6 Å². The van der Waals surface area contributed by atoms with Crippen molar-refractivity contribution in [1.29, 1.82) is 0 Å². The molecule has 100 valence electrons. The molecule has 2 rings (SSSR count). The number of benzene rings is 2. The molecule has 0 bridgehead atoms. The van der Waals surface area contributed by atoms with E-state index >= 15 is 0 Å². The monoisotopic (exact) mass is 261 g/mol. The maximum atomic E-state index is 13.8. The zero-order valence-electron chi connectivity index (χ0n) is 11.1. The minimum Gasteiger partial charge on any atom is -0.310 e. The van der Waals surface area contributed by atoms with Crippen LogP contribution in [-0.2, 0) is 0 Å². The summed E-state index contributed by atoms with van der Waals surface area (Å²) in [5.41, 5.74) is 1.62. The van der Waals surface area contributed by atoms with E-state index in [1.54, 1.807) is 6.07 Å². The summed E-state index contributed by atoms with van der Waals surface area (Å²) in [5, 5.41) is 3.28. The van der Waals surface area contributed by atoms with Crippen LogP contribution < -0.4 is 5.32 Å². The van der Waals surface area contributed by atoms with Crippen molar-refractivity contribution in [2.24, 2.45) is 0 Å². The molecule has 0 aliphatic carbocycles. The van der Waals surface area contributed by atoms with Gasteiger partial charge in [0.1, 0.15) is 11.6 Å². The third-order valence-corrected chi connectivity index (χ3v) is 3.15. The lowest BCUT2D eigenvalue weighted by atomic mass is 9.99. The molecule has 0 fully saturated rings. The zero-order chi connectivity index (χ0) is 13.8. The van der Waals surface area contributed by atoms with Crippen molar-refractivity contribution >= 4 is 0 Å². The SMILES string of the molecule is CCNC(C)c1cccc(-c2c(F)cccc2F)c1. The fraction of sp³-hybridized carbons (Fsp3) is 0.250. The van der Waals surface area contributed by atoms with Crippen molar-refractivity contribution in [3.05, 3.63) is 59.7 Å². The first kappa shape index (κ1) is 13.7. The van der Waals surface area contributed by atoms with E-state index in [1.807, 2.05) is 32.0 Å². The molecular weight excluding hydrogens is 244 g/mol. The van der Waals surface area contributed by atoms with Crippen molar-refractivity contribution in [2.45, 2.75) is 19.9 Å². The second kappa shape index (κ2) is 5.93. The Morgan fingerprint density at radius 3 is 2.32 bits per heavy atom. The van der Waals surface area contributed by atoms with Crippen LogP contribution in [0.25, 0.3) is 11.1 Å². The molecule has 0 aliphatic heterocycles. The predicted molar refractivity (Wildman–Crippen MR) is 73.9 cm³/mol. The molecule has 0 aromatic heterocycles. The lowest BCUT2D eigenvalue weighted by Crippen LogP contribution is -2.17. The highest BCUT2D eigenvalue weighted by Gasteiger charge is 2.12. The lowest BCUT2D eigenvalue weighted by molar-refractivity contribution is 0.588. The van der Waals surface area contributed by atoms with Crippen molar-refractivity contribution in [3.63, 3.8) is 0 Å². The average Bonchev–Trinajstić information content (AvgIpc) is 2.39. The molecule has 19 heavy (non-hydrogen) atoms. The number of rotatable bonds is 4. The molecule has 0 radical (unpaired) electrons. The smallest absolute Gasteiger partial charge is 0.133 e. The van der Waals surface area contributed by atoms with Gasteiger partial charge in [-0.05, 0) is 42.8 Å². The van der Waals surface area contributed by atoms with Gasteiger partial charge in [0.05, 0.1) is 5.56 Å². The fourth-order valence-electron chi connectivity index (χ4n) is 2.16. The molecule has 0 aliphatic rings. The summed E-state index contributed by atoms with van der Waals surface area (Å²) >= 11 is 0. The number of hydrogen-bond donors (Lipinski definition) is 1. The third kappa shape index (κ3) is 2.99. The van der Waals surface area contributed by atoms with E-state index in [0.29, 0.717) is 5.56 Å². The van der Waals surface area contributed by atoms with Gasteiger partial charge in [0, 0.05) is 6.04 Å². The summed E-state index contributed by atoms with van der Waals surface area (Å²) in [6, 6.07) is 11.4.